The summed E-state index contributed by atoms with van der Waals surface area (Å²) in [5.41, 5.74) is 2.71. The average Bonchev–Trinajstić information content (AvgIpc) is 2.62. The zero-order valence-electron chi connectivity index (χ0n) is 15.2. The summed E-state index contributed by atoms with van der Waals surface area (Å²) in [7, 11) is 6.40. The minimum atomic E-state index is -0.429. The van der Waals surface area contributed by atoms with Crippen LogP contribution in [0.2, 0.25) is 0 Å². The molecule has 5 nitrogen and oxygen atoms in total. The molecular formula is C18H22ClNO4S. The van der Waals surface area contributed by atoms with Crippen molar-refractivity contribution in [2.45, 2.75) is 13.2 Å². The highest BCUT2D eigenvalue weighted by Gasteiger charge is 2.25. The Bertz CT molecular complexity index is 743. The Morgan fingerprint density at radius 2 is 1.80 bits per heavy atom. The predicted octanol–water partition coefficient (Wildman–Crippen LogP) is 4.27. The van der Waals surface area contributed by atoms with Crippen LogP contribution >= 0.6 is 23.4 Å². The minimum Gasteiger partial charge on any atom is -0.493 e. The van der Waals surface area contributed by atoms with Gasteiger partial charge in [-0.2, -0.15) is 0 Å². The Balaban J connectivity index is 2.72. The molecule has 1 aliphatic heterocycles. The number of benzene rings is 1. The zero-order valence-corrected chi connectivity index (χ0v) is 16.7. The molecule has 0 N–H and O–H groups in total. The number of thioether (sulfide) groups is 1. The highest BCUT2D eigenvalue weighted by atomic mass is 35.5. The van der Waals surface area contributed by atoms with Gasteiger partial charge in [0.25, 0.3) is 0 Å². The van der Waals surface area contributed by atoms with Crippen LogP contribution in [0.5, 0.6) is 17.2 Å². The number of hydrogen-bond donors (Lipinski definition) is 0. The molecule has 1 unspecified atom stereocenters. The minimum absolute atomic E-state index is 0.429. The second-order valence-corrected chi connectivity index (χ2v) is 6.45. The first-order chi connectivity index (χ1) is 12.0. The fourth-order valence-corrected chi connectivity index (χ4v) is 3.74. The van der Waals surface area contributed by atoms with Crippen molar-refractivity contribution in [2.75, 3.05) is 34.7 Å². The van der Waals surface area contributed by atoms with Gasteiger partial charge in [0.2, 0.25) is 5.75 Å². The van der Waals surface area contributed by atoms with Gasteiger partial charge in [0.05, 0.1) is 26.4 Å². The van der Waals surface area contributed by atoms with Crippen molar-refractivity contribution in [3.8, 4) is 17.2 Å². The molecule has 136 valence electrons. The van der Waals surface area contributed by atoms with Crippen molar-refractivity contribution in [1.29, 1.82) is 0 Å². The molecule has 1 aromatic carbocycles. The van der Waals surface area contributed by atoms with Crippen molar-refractivity contribution < 1.29 is 18.9 Å². The van der Waals surface area contributed by atoms with Gasteiger partial charge < -0.3 is 18.9 Å². The summed E-state index contributed by atoms with van der Waals surface area (Å²) in [6, 6.07) is 1.91. The highest BCUT2D eigenvalue weighted by molar-refractivity contribution is 8.02. The molecule has 0 spiro atoms. The monoisotopic (exact) mass is 383 g/mol. The lowest BCUT2D eigenvalue weighted by molar-refractivity contribution is 0.142. The van der Waals surface area contributed by atoms with Crippen LogP contribution in [0.15, 0.2) is 26.6 Å². The van der Waals surface area contributed by atoms with Crippen molar-refractivity contribution in [1.82, 2.24) is 0 Å². The quantitative estimate of drug-likeness (QED) is 0.734. The molecular weight excluding hydrogens is 362 g/mol. The Kier molecular flexibility index (Phi) is 6.81. The third-order valence-corrected chi connectivity index (χ3v) is 5.13. The Labute approximate surface area is 157 Å². The predicted molar refractivity (Wildman–Crippen MR) is 104 cm³/mol. The van der Waals surface area contributed by atoms with E-state index in [-0.39, 0.29) is 0 Å². The number of rotatable bonds is 6. The topological polar surface area (TPSA) is 49.3 Å². The molecule has 0 fully saturated rings. The van der Waals surface area contributed by atoms with Crippen LogP contribution < -0.4 is 14.2 Å². The highest BCUT2D eigenvalue weighted by Crippen LogP contribution is 2.44. The number of ether oxygens (including phenoxy) is 4. The summed E-state index contributed by atoms with van der Waals surface area (Å²) in [5, 5.41) is 0.587. The lowest BCUT2D eigenvalue weighted by atomic mass is 10.0. The third kappa shape index (κ3) is 3.81. The van der Waals surface area contributed by atoms with Crippen molar-refractivity contribution in [3.63, 3.8) is 0 Å². The van der Waals surface area contributed by atoms with E-state index in [9.17, 15) is 0 Å². The number of allylic oxidation sites excluding steroid dienone is 1. The van der Waals surface area contributed by atoms with Gasteiger partial charge >= 0.3 is 0 Å². The van der Waals surface area contributed by atoms with Gasteiger partial charge in [0.1, 0.15) is 0 Å². The Hall–Kier alpha value is -1.63. The van der Waals surface area contributed by atoms with E-state index in [0.717, 1.165) is 21.6 Å². The lowest BCUT2D eigenvalue weighted by Gasteiger charge is -2.23. The number of methoxy groups -OCH3 is 4. The van der Waals surface area contributed by atoms with E-state index < -0.39 is 6.23 Å². The van der Waals surface area contributed by atoms with Crippen molar-refractivity contribution in [3.05, 3.63) is 32.7 Å². The van der Waals surface area contributed by atoms with Crippen LogP contribution in [0, 0.1) is 6.92 Å². The fraction of sp³-hybridized carbons (Fsp3) is 0.389. The van der Waals surface area contributed by atoms with E-state index in [1.807, 2.05) is 25.3 Å². The summed E-state index contributed by atoms with van der Waals surface area (Å²) in [6.07, 6.45) is 5.14. The largest absolute Gasteiger partial charge is 0.493 e. The number of dihydropyridines is 1. The molecule has 0 aliphatic carbocycles. The van der Waals surface area contributed by atoms with E-state index in [1.165, 1.54) is 0 Å². The molecule has 1 aliphatic rings. The molecule has 1 aromatic rings. The van der Waals surface area contributed by atoms with Crippen LogP contribution in [0.25, 0.3) is 6.08 Å². The van der Waals surface area contributed by atoms with E-state index in [0.29, 0.717) is 22.3 Å². The fourth-order valence-electron chi connectivity index (χ4n) is 2.70. The molecule has 1 atom stereocenters. The van der Waals surface area contributed by atoms with E-state index >= 15 is 0 Å². The first-order valence-corrected chi connectivity index (χ1v) is 9.13. The van der Waals surface area contributed by atoms with Gasteiger partial charge in [-0.1, -0.05) is 11.6 Å². The standard InChI is InChI=1S/C18H22ClNO4S/c1-10-7-14(21-2)16(23-4)15(22-3)11(10)8-12-17(25-6)13(19)9-20-18(12)24-5/h7-9,18H,1-6H3. The first-order valence-electron chi connectivity index (χ1n) is 7.53. The molecule has 0 aromatic heterocycles. The number of nitrogens with zero attached hydrogens (tertiary/aromatic N) is 1. The second-order valence-electron chi connectivity index (χ2n) is 5.22. The molecule has 1 heterocycles. The number of aryl methyl sites for hydroxylation is 1. The van der Waals surface area contributed by atoms with Crippen LogP contribution in [0.4, 0.5) is 0 Å². The van der Waals surface area contributed by atoms with Crippen LogP contribution in [0.1, 0.15) is 11.1 Å². The second kappa shape index (κ2) is 8.65. The van der Waals surface area contributed by atoms with Crippen LogP contribution in [0.3, 0.4) is 0 Å². The summed E-state index contributed by atoms with van der Waals surface area (Å²) in [6.45, 7) is 1.98. The van der Waals surface area contributed by atoms with E-state index in [4.69, 9.17) is 30.5 Å². The van der Waals surface area contributed by atoms with Crippen molar-refractivity contribution >= 4 is 35.7 Å². The third-order valence-electron chi connectivity index (χ3n) is 3.87. The maximum atomic E-state index is 6.32. The summed E-state index contributed by atoms with van der Waals surface area (Å²) in [5.74, 6) is 1.74. The molecule has 0 saturated carbocycles. The van der Waals surface area contributed by atoms with Crippen molar-refractivity contribution in [2.24, 2.45) is 4.99 Å². The smallest absolute Gasteiger partial charge is 0.203 e. The normalized spacial score (nSPS) is 18.7. The molecule has 0 radical (unpaired) electrons. The molecule has 25 heavy (non-hydrogen) atoms. The Morgan fingerprint density at radius 3 is 2.32 bits per heavy atom. The zero-order chi connectivity index (χ0) is 18.6. The van der Waals surface area contributed by atoms with E-state index in [1.54, 1.807) is 46.4 Å². The Morgan fingerprint density at radius 1 is 1.12 bits per heavy atom. The molecule has 0 saturated heterocycles. The van der Waals surface area contributed by atoms with E-state index in [2.05, 4.69) is 4.99 Å². The summed E-state index contributed by atoms with van der Waals surface area (Å²) < 4.78 is 22.0. The molecule has 0 bridgehead atoms. The molecule has 7 heteroatoms. The van der Waals surface area contributed by atoms with Gasteiger partial charge in [-0.15, -0.1) is 11.8 Å². The van der Waals surface area contributed by atoms with Crippen LogP contribution in [-0.4, -0.2) is 47.1 Å². The SMILES string of the molecule is COc1cc(C)c(C=C2C(SC)=C(Cl)C=NC2OC)c(OC)c1OC. The summed E-state index contributed by atoms with van der Waals surface area (Å²) >= 11 is 7.87. The maximum Gasteiger partial charge on any atom is 0.203 e. The van der Waals surface area contributed by atoms with Gasteiger partial charge in [-0.25, -0.2) is 0 Å². The van der Waals surface area contributed by atoms with Gasteiger partial charge in [-0.3, -0.25) is 4.99 Å². The first kappa shape index (κ1) is 19.7. The summed E-state index contributed by atoms with van der Waals surface area (Å²) in [4.78, 5) is 5.27. The average molecular weight is 384 g/mol. The number of hydrogen-bond acceptors (Lipinski definition) is 6. The lowest BCUT2D eigenvalue weighted by Crippen LogP contribution is -2.16. The van der Waals surface area contributed by atoms with Gasteiger partial charge in [0, 0.05) is 29.4 Å². The van der Waals surface area contributed by atoms with Gasteiger partial charge in [-0.05, 0) is 30.9 Å². The van der Waals surface area contributed by atoms with Gasteiger partial charge in [0.15, 0.2) is 17.7 Å². The number of aliphatic imine (C=N–C) groups is 1. The number of halogens is 1. The molecule has 0 amide bonds. The maximum absolute atomic E-state index is 6.32. The van der Waals surface area contributed by atoms with Crippen LogP contribution in [-0.2, 0) is 4.74 Å². The molecule has 2 rings (SSSR count).